The zero-order valence-corrected chi connectivity index (χ0v) is 22.1. The predicted octanol–water partition coefficient (Wildman–Crippen LogP) is 6.63. The van der Waals surface area contributed by atoms with Crippen LogP contribution in [0.3, 0.4) is 0 Å². The van der Waals surface area contributed by atoms with E-state index < -0.39 is 0 Å². The van der Waals surface area contributed by atoms with Gasteiger partial charge in [-0.1, -0.05) is 13.3 Å². The molecule has 1 aliphatic carbocycles. The molecule has 6 heteroatoms. The summed E-state index contributed by atoms with van der Waals surface area (Å²) in [4.78, 5) is 0. The fourth-order valence-corrected chi connectivity index (χ4v) is 4.75. The number of hydrogen-bond donors (Lipinski definition) is 1. The summed E-state index contributed by atoms with van der Waals surface area (Å²) in [5.74, 6) is 2.61. The smallest absolute Gasteiger partial charge is 0.203 e. The van der Waals surface area contributed by atoms with Crippen molar-refractivity contribution in [3.05, 3.63) is 28.8 Å². The van der Waals surface area contributed by atoms with Gasteiger partial charge in [-0.25, -0.2) is 0 Å². The molecule has 188 valence electrons. The van der Waals surface area contributed by atoms with Gasteiger partial charge in [-0.05, 0) is 77.1 Å². The molecular formula is C28H40O6. The molecule has 0 aromatic heterocycles. The number of phenols is 1. The van der Waals surface area contributed by atoms with Crippen molar-refractivity contribution in [2.24, 2.45) is 0 Å². The molecule has 1 aliphatic rings. The van der Waals surface area contributed by atoms with Crippen LogP contribution in [0.4, 0.5) is 0 Å². The third-order valence-electron chi connectivity index (χ3n) is 5.92. The minimum atomic E-state index is -0.384. The topological polar surface area (TPSA) is 66.4 Å². The van der Waals surface area contributed by atoms with Gasteiger partial charge in [0.25, 0.3) is 0 Å². The van der Waals surface area contributed by atoms with Crippen molar-refractivity contribution in [1.82, 2.24) is 0 Å². The van der Waals surface area contributed by atoms with Gasteiger partial charge >= 0.3 is 0 Å². The largest absolute Gasteiger partial charge is 0.507 e. The van der Waals surface area contributed by atoms with Gasteiger partial charge in [-0.2, -0.15) is 0 Å². The van der Waals surface area contributed by atoms with Gasteiger partial charge in [-0.15, -0.1) is 0 Å². The highest BCUT2D eigenvalue weighted by Gasteiger charge is 2.36. The van der Waals surface area contributed by atoms with E-state index in [0.29, 0.717) is 29.2 Å². The number of rotatable bonds is 8. The Morgan fingerprint density at radius 1 is 0.971 bits per heavy atom. The maximum Gasteiger partial charge on any atom is 0.203 e. The Hall–Kier alpha value is -2.60. The van der Waals surface area contributed by atoms with Gasteiger partial charge in [-0.3, -0.25) is 0 Å². The quantitative estimate of drug-likeness (QED) is 0.465. The Balaban J connectivity index is 2.48. The summed E-state index contributed by atoms with van der Waals surface area (Å²) in [5.41, 5.74) is 3.82. The molecule has 0 saturated heterocycles. The molecule has 0 heterocycles. The molecule has 6 nitrogen and oxygen atoms in total. The standard InChI is InChI=1S/C28H40O6/c1-10-11-18-15-20(33-16(2)3)23-19(34-28(4,5)6)13-12-17-14-21(30-7)26(31-8)27(32-9)22(17)24(23)25(18)29/h14-16,19,29H,10-13H2,1-9H3/t19-/m0/s1. The van der Waals surface area contributed by atoms with Crippen molar-refractivity contribution in [2.45, 2.75) is 85.0 Å². The molecule has 0 radical (unpaired) electrons. The summed E-state index contributed by atoms with van der Waals surface area (Å²) in [6.07, 6.45) is 2.74. The molecule has 3 rings (SSSR count). The van der Waals surface area contributed by atoms with E-state index in [9.17, 15) is 5.11 Å². The van der Waals surface area contributed by atoms with E-state index in [0.717, 1.165) is 47.3 Å². The van der Waals surface area contributed by atoms with Gasteiger partial charge in [0, 0.05) is 16.7 Å². The first-order valence-electron chi connectivity index (χ1n) is 12.1. The summed E-state index contributed by atoms with van der Waals surface area (Å²) in [5, 5.41) is 11.7. The second-order valence-corrected chi connectivity index (χ2v) is 10.0. The molecule has 0 saturated carbocycles. The van der Waals surface area contributed by atoms with Crippen LogP contribution in [0.25, 0.3) is 11.1 Å². The Bertz CT molecular complexity index is 1020. The first-order valence-corrected chi connectivity index (χ1v) is 12.1. The first kappa shape index (κ1) is 26.0. The summed E-state index contributed by atoms with van der Waals surface area (Å²) in [6, 6.07) is 3.96. The Morgan fingerprint density at radius 3 is 2.18 bits per heavy atom. The lowest BCUT2D eigenvalue weighted by Gasteiger charge is -2.31. The Labute approximate surface area is 204 Å². The lowest BCUT2D eigenvalue weighted by Crippen LogP contribution is -2.24. The van der Waals surface area contributed by atoms with Crippen LogP contribution in [0, 0.1) is 0 Å². The van der Waals surface area contributed by atoms with Crippen molar-refractivity contribution >= 4 is 0 Å². The van der Waals surface area contributed by atoms with Crippen LogP contribution in [0.15, 0.2) is 12.1 Å². The molecular weight excluding hydrogens is 432 g/mol. The SMILES string of the molecule is CCCc1cc(OC(C)C)c2c(c1O)-c1c(cc(OC)c(OC)c1OC)CC[C@@H]2OC(C)(C)C. The lowest BCUT2D eigenvalue weighted by molar-refractivity contribution is -0.0655. The first-order chi connectivity index (χ1) is 16.1. The van der Waals surface area contributed by atoms with Crippen LogP contribution < -0.4 is 18.9 Å². The second kappa shape index (κ2) is 10.3. The van der Waals surface area contributed by atoms with Crippen molar-refractivity contribution < 1.29 is 28.8 Å². The highest BCUT2D eigenvalue weighted by molar-refractivity contribution is 5.88. The third-order valence-corrected chi connectivity index (χ3v) is 5.92. The average molecular weight is 473 g/mol. The molecule has 0 spiro atoms. The van der Waals surface area contributed by atoms with Gasteiger partial charge in [0.05, 0.1) is 39.1 Å². The van der Waals surface area contributed by atoms with E-state index in [2.05, 4.69) is 6.92 Å². The molecule has 0 bridgehead atoms. The second-order valence-electron chi connectivity index (χ2n) is 10.0. The van der Waals surface area contributed by atoms with E-state index in [4.69, 9.17) is 23.7 Å². The van der Waals surface area contributed by atoms with Crippen molar-refractivity contribution in [1.29, 1.82) is 0 Å². The molecule has 0 unspecified atom stereocenters. The Kier molecular flexibility index (Phi) is 7.91. The number of phenolic OH excluding ortho intramolecular Hbond substituents is 1. The Morgan fingerprint density at radius 2 is 1.65 bits per heavy atom. The van der Waals surface area contributed by atoms with Crippen molar-refractivity contribution in [3.8, 4) is 39.9 Å². The molecule has 0 aliphatic heterocycles. The number of hydrogen-bond acceptors (Lipinski definition) is 6. The van der Waals surface area contributed by atoms with Crippen molar-refractivity contribution in [3.63, 3.8) is 0 Å². The third kappa shape index (κ3) is 5.07. The van der Waals surface area contributed by atoms with E-state index in [1.165, 1.54) is 0 Å². The normalized spacial score (nSPS) is 15.4. The zero-order chi connectivity index (χ0) is 25.2. The number of fused-ring (bicyclic) bond motifs is 3. The van der Waals surface area contributed by atoms with Gasteiger partial charge < -0.3 is 28.8 Å². The predicted molar refractivity (Wildman–Crippen MR) is 135 cm³/mol. The molecule has 34 heavy (non-hydrogen) atoms. The maximum atomic E-state index is 11.7. The highest BCUT2D eigenvalue weighted by atomic mass is 16.5. The van der Waals surface area contributed by atoms with Crippen LogP contribution >= 0.6 is 0 Å². The highest BCUT2D eigenvalue weighted by Crippen LogP contribution is 2.56. The minimum absolute atomic E-state index is 0.0339. The minimum Gasteiger partial charge on any atom is -0.507 e. The number of aromatic hydroxyl groups is 1. The summed E-state index contributed by atoms with van der Waals surface area (Å²) in [7, 11) is 4.82. The lowest BCUT2D eigenvalue weighted by atomic mass is 9.89. The number of ether oxygens (including phenoxy) is 5. The number of methoxy groups -OCH3 is 3. The fourth-order valence-electron chi connectivity index (χ4n) is 4.75. The van der Waals surface area contributed by atoms with Crippen LogP contribution in [0.2, 0.25) is 0 Å². The maximum absolute atomic E-state index is 11.7. The summed E-state index contributed by atoms with van der Waals surface area (Å²) >= 11 is 0. The molecule has 1 atom stereocenters. The molecule has 2 aromatic carbocycles. The van der Waals surface area contributed by atoms with E-state index in [1.807, 2.05) is 46.8 Å². The summed E-state index contributed by atoms with van der Waals surface area (Å²) in [6.45, 7) is 12.3. The average Bonchev–Trinajstić information content (AvgIpc) is 2.91. The van der Waals surface area contributed by atoms with Gasteiger partial charge in [0.1, 0.15) is 11.5 Å². The van der Waals surface area contributed by atoms with Crippen LogP contribution in [0.5, 0.6) is 28.7 Å². The molecule has 0 amide bonds. The zero-order valence-electron chi connectivity index (χ0n) is 22.1. The van der Waals surface area contributed by atoms with Crippen LogP contribution in [0.1, 0.15) is 77.2 Å². The monoisotopic (exact) mass is 472 g/mol. The molecule has 1 N–H and O–H groups in total. The number of benzene rings is 2. The van der Waals surface area contributed by atoms with E-state index in [1.54, 1.807) is 21.3 Å². The van der Waals surface area contributed by atoms with E-state index >= 15 is 0 Å². The van der Waals surface area contributed by atoms with Crippen LogP contribution in [-0.2, 0) is 17.6 Å². The van der Waals surface area contributed by atoms with Crippen molar-refractivity contribution in [2.75, 3.05) is 21.3 Å². The van der Waals surface area contributed by atoms with Gasteiger partial charge in [0.15, 0.2) is 11.5 Å². The number of aryl methyl sites for hydroxylation is 2. The molecule has 0 fully saturated rings. The molecule has 2 aromatic rings. The van der Waals surface area contributed by atoms with Crippen LogP contribution in [-0.4, -0.2) is 38.1 Å². The fraction of sp³-hybridized carbons (Fsp3) is 0.571. The van der Waals surface area contributed by atoms with Gasteiger partial charge in [0.2, 0.25) is 5.75 Å². The van der Waals surface area contributed by atoms with E-state index in [-0.39, 0.29) is 23.6 Å². The summed E-state index contributed by atoms with van der Waals surface area (Å²) < 4.78 is 30.2.